The molecule has 0 radical (unpaired) electrons. The van der Waals surface area contributed by atoms with E-state index in [-0.39, 0.29) is 12.3 Å². The zero-order valence-corrected chi connectivity index (χ0v) is 14.2. The fourth-order valence-electron chi connectivity index (χ4n) is 3.11. The highest BCUT2D eigenvalue weighted by atomic mass is 19.4. The summed E-state index contributed by atoms with van der Waals surface area (Å²) in [4.78, 5) is 4.39. The van der Waals surface area contributed by atoms with E-state index in [0.29, 0.717) is 16.6 Å². The van der Waals surface area contributed by atoms with Crippen LogP contribution in [0.15, 0.2) is 36.7 Å². The predicted octanol–water partition coefficient (Wildman–Crippen LogP) is 3.65. The van der Waals surface area contributed by atoms with Crippen LogP contribution >= 0.6 is 0 Å². The van der Waals surface area contributed by atoms with Crippen LogP contribution in [0.5, 0.6) is 5.75 Å². The van der Waals surface area contributed by atoms with Gasteiger partial charge in [-0.1, -0.05) is 12.1 Å². The number of aliphatic hydroxyl groups excluding tert-OH is 1. The number of rotatable bonds is 4. The number of fused-ring (bicyclic) bond motifs is 1. The molecule has 1 aromatic heterocycles. The molecule has 0 aliphatic carbocycles. The Morgan fingerprint density at radius 2 is 1.92 bits per heavy atom. The minimum Gasteiger partial charge on any atom is -0.406 e. The summed E-state index contributed by atoms with van der Waals surface area (Å²) in [6.45, 7) is 1.87. The number of aromatic nitrogens is 2. The van der Waals surface area contributed by atoms with Gasteiger partial charge in [0, 0.05) is 24.7 Å². The Bertz CT molecular complexity index is 931. The van der Waals surface area contributed by atoms with Gasteiger partial charge in [-0.2, -0.15) is 0 Å². The molecule has 0 aliphatic rings. The van der Waals surface area contributed by atoms with Gasteiger partial charge < -0.3 is 20.1 Å². The van der Waals surface area contributed by atoms with Crippen molar-refractivity contribution in [3.8, 4) is 16.9 Å². The number of imidazole rings is 1. The van der Waals surface area contributed by atoms with E-state index in [0.717, 1.165) is 16.6 Å². The molecule has 138 valence electrons. The molecule has 1 heterocycles. The summed E-state index contributed by atoms with van der Waals surface area (Å²) < 4.78 is 42.7. The van der Waals surface area contributed by atoms with Crippen molar-refractivity contribution in [2.75, 3.05) is 0 Å². The van der Waals surface area contributed by atoms with Crippen molar-refractivity contribution < 1.29 is 23.0 Å². The van der Waals surface area contributed by atoms with E-state index in [9.17, 15) is 18.3 Å². The van der Waals surface area contributed by atoms with Crippen LogP contribution in [0.1, 0.15) is 24.2 Å². The van der Waals surface area contributed by atoms with Crippen LogP contribution in [0.25, 0.3) is 22.2 Å². The molecule has 3 N–H and O–H groups in total. The number of alkyl halides is 3. The van der Waals surface area contributed by atoms with Gasteiger partial charge in [-0.15, -0.1) is 13.2 Å². The molecule has 3 aromatic rings. The Morgan fingerprint density at radius 1 is 1.27 bits per heavy atom. The molecule has 8 heteroatoms. The summed E-state index contributed by atoms with van der Waals surface area (Å²) in [7, 11) is 1.81. The smallest absolute Gasteiger partial charge is 0.406 e. The molecular weight excluding hydrogens is 347 g/mol. The molecule has 1 atom stereocenters. The van der Waals surface area contributed by atoms with E-state index in [4.69, 9.17) is 5.73 Å². The van der Waals surface area contributed by atoms with Crippen LogP contribution in [0.4, 0.5) is 13.2 Å². The second-order valence-electron chi connectivity index (χ2n) is 6.00. The Balaban J connectivity index is 2.15. The summed E-state index contributed by atoms with van der Waals surface area (Å²) >= 11 is 0. The second kappa shape index (κ2) is 6.62. The van der Waals surface area contributed by atoms with E-state index in [1.165, 1.54) is 24.3 Å². The maximum atomic E-state index is 12.3. The normalized spacial score (nSPS) is 13.2. The van der Waals surface area contributed by atoms with Gasteiger partial charge in [-0.05, 0) is 36.2 Å². The summed E-state index contributed by atoms with van der Waals surface area (Å²) in [5.41, 5.74) is 10.1. The predicted molar refractivity (Wildman–Crippen MR) is 91.4 cm³/mol. The van der Waals surface area contributed by atoms with E-state index >= 15 is 0 Å². The van der Waals surface area contributed by atoms with Crippen LogP contribution < -0.4 is 10.5 Å². The average Bonchev–Trinajstić information content (AvgIpc) is 2.94. The number of nitrogens with zero attached hydrogens (tertiary/aromatic N) is 2. The number of hydrogen-bond acceptors (Lipinski definition) is 4. The third-order valence-electron chi connectivity index (χ3n) is 4.15. The van der Waals surface area contributed by atoms with Gasteiger partial charge in [-0.3, -0.25) is 0 Å². The quantitative estimate of drug-likeness (QED) is 0.740. The number of benzene rings is 2. The first-order chi connectivity index (χ1) is 12.2. The topological polar surface area (TPSA) is 73.3 Å². The van der Waals surface area contributed by atoms with Gasteiger partial charge in [0.15, 0.2) is 0 Å². The third-order valence-corrected chi connectivity index (χ3v) is 4.15. The molecule has 5 nitrogen and oxygen atoms in total. The van der Waals surface area contributed by atoms with Crippen molar-refractivity contribution in [2.45, 2.75) is 25.9 Å². The van der Waals surface area contributed by atoms with Crippen molar-refractivity contribution >= 4 is 11.0 Å². The Kier molecular flexibility index (Phi) is 4.64. The van der Waals surface area contributed by atoms with Gasteiger partial charge in [0.05, 0.1) is 23.5 Å². The van der Waals surface area contributed by atoms with Crippen LogP contribution in [0.2, 0.25) is 0 Å². The number of nitrogens with two attached hydrogens (primary N) is 1. The minimum absolute atomic E-state index is 0.212. The summed E-state index contributed by atoms with van der Waals surface area (Å²) in [6.07, 6.45) is -3.84. The zero-order valence-electron chi connectivity index (χ0n) is 14.2. The first-order valence-electron chi connectivity index (χ1n) is 7.92. The van der Waals surface area contributed by atoms with Crippen molar-refractivity contribution in [3.05, 3.63) is 47.8 Å². The first kappa shape index (κ1) is 18.2. The monoisotopic (exact) mass is 365 g/mol. The summed E-state index contributed by atoms with van der Waals surface area (Å²) in [5.74, 6) is -0.293. The fourth-order valence-corrected chi connectivity index (χ4v) is 3.11. The van der Waals surface area contributed by atoms with Gasteiger partial charge in [-0.25, -0.2) is 4.98 Å². The number of ether oxygens (including phenoxy) is 1. The van der Waals surface area contributed by atoms with Crippen molar-refractivity contribution in [2.24, 2.45) is 12.8 Å². The molecule has 2 aromatic carbocycles. The SMILES string of the molecule is CC(O)c1c(CN)cc(-c2ccc(OC(F)(F)F)cc2)c2ncn(C)c12. The highest BCUT2D eigenvalue weighted by Crippen LogP contribution is 2.36. The highest BCUT2D eigenvalue weighted by molar-refractivity contribution is 5.95. The average molecular weight is 365 g/mol. The largest absolute Gasteiger partial charge is 0.573 e. The Labute approximate surface area is 147 Å². The lowest BCUT2D eigenvalue weighted by atomic mass is 9.94. The van der Waals surface area contributed by atoms with E-state index in [1.54, 1.807) is 17.8 Å². The van der Waals surface area contributed by atoms with Crippen LogP contribution in [0, 0.1) is 0 Å². The Morgan fingerprint density at radius 3 is 2.46 bits per heavy atom. The van der Waals surface area contributed by atoms with Gasteiger partial charge in [0.2, 0.25) is 0 Å². The molecule has 0 saturated heterocycles. The zero-order chi connectivity index (χ0) is 19.1. The molecule has 0 fully saturated rings. The molecule has 0 amide bonds. The molecular formula is C18H18F3N3O2. The Hall–Kier alpha value is -2.58. The molecule has 0 bridgehead atoms. The summed E-state index contributed by atoms with van der Waals surface area (Å²) in [6, 6.07) is 7.39. The fraction of sp³-hybridized carbons (Fsp3) is 0.278. The lowest BCUT2D eigenvalue weighted by molar-refractivity contribution is -0.274. The number of aliphatic hydroxyl groups is 1. The highest BCUT2D eigenvalue weighted by Gasteiger charge is 2.31. The standard InChI is InChI=1S/C18H18F3N3O2/c1-10(25)15-12(8-22)7-14(16-17(15)24(2)9-23-16)11-3-5-13(6-4-11)26-18(19,20)21/h3-7,9-10,25H,8,22H2,1-2H3. The summed E-state index contributed by atoms with van der Waals surface area (Å²) in [5, 5.41) is 10.2. The van der Waals surface area contributed by atoms with Crippen LogP contribution in [-0.4, -0.2) is 21.0 Å². The van der Waals surface area contributed by atoms with Gasteiger partial charge >= 0.3 is 6.36 Å². The van der Waals surface area contributed by atoms with Gasteiger partial charge in [0.1, 0.15) is 5.75 Å². The van der Waals surface area contributed by atoms with E-state index in [1.807, 2.05) is 13.1 Å². The van der Waals surface area contributed by atoms with Crippen LogP contribution in [0.3, 0.4) is 0 Å². The van der Waals surface area contributed by atoms with E-state index in [2.05, 4.69) is 9.72 Å². The first-order valence-corrected chi connectivity index (χ1v) is 7.92. The number of aryl methyl sites for hydroxylation is 1. The molecule has 3 rings (SSSR count). The molecule has 1 unspecified atom stereocenters. The van der Waals surface area contributed by atoms with Gasteiger partial charge in [0.25, 0.3) is 0 Å². The van der Waals surface area contributed by atoms with E-state index < -0.39 is 12.5 Å². The maximum absolute atomic E-state index is 12.3. The van der Waals surface area contributed by atoms with Crippen molar-refractivity contribution in [3.63, 3.8) is 0 Å². The number of halogens is 3. The van der Waals surface area contributed by atoms with Crippen molar-refractivity contribution in [1.82, 2.24) is 9.55 Å². The van der Waals surface area contributed by atoms with Crippen molar-refractivity contribution in [1.29, 1.82) is 0 Å². The lowest BCUT2D eigenvalue weighted by Gasteiger charge is -2.16. The molecule has 0 aliphatic heterocycles. The third kappa shape index (κ3) is 3.38. The molecule has 0 spiro atoms. The molecule has 26 heavy (non-hydrogen) atoms. The lowest BCUT2D eigenvalue weighted by Crippen LogP contribution is -2.16. The second-order valence-corrected chi connectivity index (χ2v) is 6.00. The van der Waals surface area contributed by atoms with Crippen LogP contribution in [-0.2, 0) is 13.6 Å². The minimum atomic E-state index is -4.73. The molecule has 0 saturated carbocycles. The number of hydrogen-bond donors (Lipinski definition) is 2. The maximum Gasteiger partial charge on any atom is 0.573 e.